The summed E-state index contributed by atoms with van der Waals surface area (Å²) in [5.41, 5.74) is 12.2. The van der Waals surface area contributed by atoms with Crippen LogP contribution in [0.25, 0.3) is 116 Å². The minimum atomic E-state index is 0.613. The topological polar surface area (TPSA) is 69.4 Å². The zero-order chi connectivity index (χ0) is 40.3. The lowest BCUT2D eigenvalue weighted by Gasteiger charge is -2.19. The van der Waals surface area contributed by atoms with Gasteiger partial charge in [0.2, 0.25) is 0 Å². The summed E-state index contributed by atoms with van der Waals surface area (Å²) in [7, 11) is 0. The minimum absolute atomic E-state index is 0.613. The van der Waals surface area contributed by atoms with Crippen LogP contribution in [0.1, 0.15) is 0 Å². The molecule has 61 heavy (non-hydrogen) atoms. The van der Waals surface area contributed by atoms with Crippen LogP contribution in [0.4, 0.5) is 0 Å². The molecule has 0 atom stereocenters. The maximum Gasteiger partial charge on any atom is 0.164 e. The minimum Gasteiger partial charge on any atom is -0.308 e. The first-order chi connectivity index (χ1) is 30.3. The van der Waals surface area contributed by atoms with E-state index in [0.717, 1.165) is 88.2 Å². The molecular formula is C55H34N6. The molecule has 9 aromatic carbocycles. The van der Waals surface area contributed by atoms with Gasteiger partial charge in [-0.25, -0.2) is 15.0 Å². The lowest BCUT2D eigenvalue weighted by atomic mass is 9.90. The number of hydrogen-bond donors (Lipinski definition) is 0. The summed E-state index contributed by atoms with van der Waals surface area (Å²) in [5, 5.41) is 6.84. The van der Waals surface area contributed by atoms with Crippen LogP contribution in [0.5, 0.6) is 0 Å². The fourth-order valence-electron chi connectivity index (χ4n) is 9.11. The van der Waals surface area contributed by atoms with E-state index in [9.17, 15) is 0 Å². The zero-order valence-corrected chi connectivity index (χ0v) is 32.8. The summed E-state index contributed by atoms with van der Waals surface area (Å²) in [6.45, 7) is 0. The van der Waals surface area contributed by atoms with E-state index in [1.165, 1.54) is 10.8 Å². The third-order valence-corrected chi connectivity index (χ3v) is 11.8. The molecule has 0 saturated carbocycles. The predicted octanol–water partition coefficient (Wildman–Crippen LogP) is 13.6. The van der Waals surface area contributed by atoms with Crippen molar-refractivity contribution in [3.05, 3.63) is 207 Å². The van der Waals surface area contributed by atoms with Gasteiger partial charge in [-0.05, 0) is 34.2 Å². The van der Waals surface area contributed by atoms with E-state index in [-0.39, 0.29) is 0 Å². The van der Waals surface area contributed by atoms with Crippen LogP contribution in [0, 0.1) is 0 Å². The molecule has 3 aromatic heterocycles. The van der Waals surface area contributed by atoms with Gasteiger partial charge >= 0.3 is 0 Å². The smallest absolute Gasteiger partial charge is 0.164 e. The lowest BCUT2D eigenvalue weighted by molar-refractivity contribution is 1.07. The quantitative estimate of drug-likeness (QED) is 0.157. The molecule has 0 fully saturated rings. The molecule has 0 unspecified atom stereocenters. The van der Waals surface area contributed by atoms with Crippen molar-refractivity contribution in [2.45, 2.75) is 0 Å². The second-order valence-electron chi connectivity index (χ2n) is 15.2. The maximum absolute atomic E-state index is 5.15. The number of aromatic nitrogens is 6. The zero-order valence-electron chi connectivity index (χ0n) is 32.8. The number of benzene rings is 9. The van der Waals surface area contributed by atoms with Crippen molar-refractivity contribution in [2.75, 3.05) is 0 Å². The molecule has 0 radical (unpaired) electrons. The Kier molecular flexibility index (Phi) is 8.06. The summed E-state index contributed by atoms with van der Waals surface area (Å²) in [6, 6.07) is 68.0. The Labute approximate surface area is 351 Å². The summed E-state index contributed by atoms with van der Waals surface area (Å²) in [4.78, 5) is 25.1. The van der Waals surface area contributed by atoms with Gasteiger partial charge in [-0.2, -0.15) is 0 Å². The number of hydrogen-bond acceptors (Lipinski definition) is 5. The molecule has 0 saturated heterocycles. The van der Waals surface area contributed by atoms with Gasteiger partial charge in [0.25, 0.3) is 0 Å². The van der Waals surface area contributed by atoms with Gasteiger partial charge in [0.15, 0.2) is 17.5 Å². The van der Waals surface area contributed by atoms with Crippen LogP contribution >= 0.6 is 0 Å². The Hall–Kier alpha value is -8.35. The van der Waals surface area contributed by atoms with E-state index >= 15 is 0 Å². The number of fused-ring (bicyclic) bond motifs is 10. The van der Waals surface area contributed by atoms with E-state index in [0.29, 0.717) is 17.5 Å². The Morgan fingerprint density at radius 2 is 0.770 bits per heavy atom. The lowest BCUT2D eigenvalue weighted by Crippen LogP contribution is -2.02. The molecule has 3 heterocycles. The average Bonchev–Trinajstić information content (AvgIpc) is 3.69. The van der Waals surface area contributed by atoms with E-state index in [2.05, 4.69) is 138 Å². The third-order valence-electron chi connectivity index (χ3n) is 11.8. The molecular weight excluding hydrogens is 745 g/mol. The highest BCUT2D eigenvalue weighted by Gasteiger charge is 2.23. The largest absolute Gasteiger partial charge is 0.308 e. The SMILES string of the molecule is c1ccc(-c2nc(-c3ccccc3)nc(-c3ccccc3-c3ccccc3-c3ccccc3-n3c4ccccc4c4ccc5c6nccnc6c6ccccc6c5c43)n2)cc1. The standard InChI is InChI=1S/C55H34N6/c1-3-17-35(18-4-1)53-58-54(36-19-5-2-6-20-36)60-55(59-53)45-28-12-9-23-39(45)37-21-7-8-22-38(37)40-24-13-15-29-47(40)61-48-30-16-14-25-41(48)44-31-32-46-49(52(44)61)42-26-10-11-27-43(42)50-51(46)57-34-33-56-50/h1-34H. The second kappa shape index (κ2) is 14.2. The van der Waals surface area contributed by atoms with Crippen molar-refractivity contribution in [1.82, 2.24) is 29.5 Å². The normalized spacial score (nSPS) is 11.6. The molecule has 6 heteroatoms. The molecule has 6 nitrogen and oxygen atoms in total. The van der Waals surface area contributed by atoms with E-state index in [1.807, 2.05) is 60.7 Å². The number of para-hydroxylation sites is 2. The highest BCUT2D eigenvalue weighted by atomic mass is 15.0. The fourth-order valence-corrected chi connectivity index (χ4v) is 9.11. The fraction of sp³-hybridized carbons (Fsp3) is 0. The molecule has 284 valence electrons. The monoisotopic (exact) mass is 778 g/mol. The molecule has 12 aromatic rings. The molecule has 0 amide bonds. The maximum atomic E-state index is 5.15. The molecule has 0 aliphatic carbocycles. The molecule has 0 aliphatic heterocycles. The first kappa shape index (κ1) is 34.7. The highest BCUT2D eigenvalue weighted by Crippen LogP contribution is 2.45. The molecule has 0 spiro atoms. The average molecular weight is 779 g/mol. The van der Waals surface area contributed by atoms with Crippen molar-refractivity contribution in [2.24, 2.45) is 0 Å². The summed E-state index contributed by atoms with van der Waals surface area (Å²) in [6.07, 6.45) is 3.58. The van der Waals surface area contributed by atoms with Crippen molar-refractivity contribution < 1.29 is 0 Å². The second-order valence-corrected chi connectivity index (χ2v) is 15.2. The molecule has 12 rings (SSSR count). The van der Waals surface area contributed by atoms with Gasteiger partial charge in [0.1, 0.15) is 0 Å². The number of rotatable bonds is 6. The van der Waals surface area contributed by atoms with Gasteiger partial charge in [-0.1, -0.05) is 182 Å². The Bertz CT molecular complexity index is 3560. The first-order valence-electron chi connectivity index (χ1n) is 20.4. The van der Waals surface area contributed by atoms with E-state index in [1.54, 1.807) is 12.4 Å². The van der Waals surface area contributed by atoms with Crippen LogP contribution in [-0.4, -0.2) is 29.5 Å². The highest BCUT2D eigenvalue weighted by molar-refractivity contribution is 6.32. The van der Waals surface area contributed by atoms with Gasteiger partial charge < -0.3 is 4.57 Å². The van der Waals surface area contributed by atoms with E-state index in [4.69, 9.17) is 24.9 Å². The van der Waals surface area contributed by atoms with Crippen molar-refractivity contribution in [1.29, 1.82) is 0 Å². The Morgan fingerprint density at radius 3 is 1.44 bits per heavy atom. The predicted molar refractivity (Wildman–Crippen MR) is 249 cm³/mol. The summed E-state index contributed by atoms with van der Waals surface area (Å²) in [5.74, 6) is 1.87. The third kappa shape index (κ3) is 5.61. The van der Waals surface area contributed by atoms with E-state index < -0.39 is 0 Å². The van der Waals surface area contributed by atoms with Crippen LogP contribution < -0.4 is 0 Å². The Morgan fingerprint density at radius 1 is 0.311 bits per heavy atom. The van der Waals surface area contributed by atoms with Crippen LogP contribution in [0.2, 0.25) is 0 Å². The van der Waals surface area contributed by atoms with Crippen LogP contribution in [0.3, 0.4) is 0 Å². The van der Waals surface area contributed by atoms with Gasteiger partial charge in [0, 0.05) is 61.6 Å². The van der Waals surface area contributed by atoms with Gasteiger partial charge in [-0.15, -0.1) is 0 Å². The number of nitrogens with zero attached hydrogens (tertiary/aromatic N) is 6. The van der Waals surface area contributed by atoms with Crippen molar-refractivity contribution in [3.8, 4) is 62.1 Å². The molecule has 0 N–H and O–H groups in total. The van der Waals surface area contributed by atoms with Gasteiger partial charge in [0.05, 0.1) is 27.8 Å². The van der Waals surface area contributed by atoms with Crippen LogP contribution in [0.15, 0.2) is 207 Å². The summed E-state index contributed by atoms with van der Waals surface area (Å²) < 4.78 is 2.46. The van der Waals surface area contributed by atoms with Gasteiger partial charge in [-0.3, -0.25) is 9.97 Å². The molecule has 0 bridgehead atoms. The summed E-state index contributed by atoms with van der Waals surface area (Å²) >= 11 is 0. The van der Waals surface area contributed by atoms with Crippen molar-refractivity contribution in [3.63, 3.8) is 0 Å². The van der Waals surface area contributed by atoms with Crippen molar-refractivity contribution >= 4 is 54.4 Å². The Balaban J connectivity index is 1.12. The molecule has 0 aliphatic rings. The van der Waals surface area contributed by atoms with Crippen LogP contribution in [-0.2, 0) is 0 Å². The first-order valence-corrected chi connectivity index (χ1v) is 20.4.